The SMILES string of the molecule is CC1(C)CC(O)C2(C(=O)O)CCC3=C(C(CCl)CC4C3(C)CCC3C4(C)CC(O)C(O)C3(C)C(=O)O)C2C1. The average Bonchev–Trinajstić information content (AvgIpc) is 2.81. The van der Waals surface area contributed by atoms with E-state index >= 15 is 0 Å². The van der Waals surface area contributed by atoms with Crippen molar-refractivity contribution in [2.45, 2.75) is 104 Å². The molecule has 11 unspecified atom stereocenters. The molecule has 3 saturated carbocycles. The van der Waals surface area contributed by atoms with Crippen LogP contribution in [0.3, 0.4) is 0 Å². The molecule has 3 fully saturated rings. The van der Waals surface area contributed by atoms with Crippen LogP contribution in [0.1, 0.15) is 86.0 Å². The van der Waals surface area contributed by atoms with E-state index in [0.717, 1.165) is 12.0 Å². The number of alkyl halides is 1. The van der Waals surface area contributed by atoms with Gasteiger partial charge in [-0.3, -0.25) is 9.59 Å². The Morgan fingerprint density at radius 1 is 0.921 bits per heavy atom. The topological polar surface area (TPSA) is 135 Å². The summed E-state index contributed by atoms with van der Waals surface area (Å²) in [7, 11) is 0. The lowest BCUT2D eigenvalue weighted by Gasteiger charge is -2.68. The molecular weight excluding hydrogens is 508 g/mol. The standard InChI is InChI=1S/C30H45ClO7/c1-26(2)11-17-22-15(14-31)10-20-27(3,16(22)6-9-30(17,25(37)38)21(33)13-26)8-7-19-28(20,4)12-18(32)23(34)29(19,5)24(35)36/h15,17-21,23,32-34H,6-14H2,1-5H3,(H,35,36)(H,37,38). The largest absolute Gasteiger partial charge is 0.481 e. The van der Waals surface area contributed by atoms with Crippen LogP contribution in [0, 0.1) is 50.7 Å². The Morgan fingerprint density at radius 2 is 1.58 bits per heavy atom. The van der Waals surface area contributed by atoms with E-state index in [2.05, 4.69) is 27.7 Å². The maximum Gasteiger partial charge on any atom is 0.312 e. The van der Waals surface area contributed by atoms with Gasteiger partial charge in [0.1, 0.15) is 5.41 Å². The van der Waals surface area contributed by atoms with Gasteiger partial charge in [0.15, 0.2) is 0 Å². The van der Waals surface area contributed by atoms with Crippen molar-refractivity contribution in [1.29, 1.82) is 0 Å². The highest BCUT2D eigenvalue weighted by Crippen LogP contribution is 2.72. The van der Waals surface area contributed by atoms with E-state index in [1.165, 1.54) is 5.57 Å². The number of carboxylic acid groups (broad SMARTS) is 2. The Hall–Kier alpha value is -1.15. The molecule has 0 aromatic carbocycles. The first-order valence-corrected chi connectivity index (χ1v) is 14.8. The zero-order chi connectivity index (χ0) is 28.2. The molecular formula is C30H45ClO7. The Balaban J connectivity index is 1.67. The third-order valence-corrected chi connectivity index (χ3v) is 13.0. The number of rotatable bonds is 3. The van der Waals surface area contributed by atoms with Crippen molar-refractivity contribution < 1.29 is 35.1 Å². The molecule has 5 aliphatic rings. The average molecular weight is 553 g/mol. The molecule has 0 aromatic rings. The molecule has 0 heterocycles. The number of carbonyl (C=O) groups is 2. The normalized spacial score (nSPS) is 51.8. The fourth-order valence-electron chi connectivity index (χ4n) is 10.8. The second-order valence-electron chi connectivity index (χ2n) is 14.9. The van der Waals surface area contributed by atoms with Crippen LogP contribution in [0.15, 0.2) is 11.1 Å². The third kappa shape index (κ3) is 3.43. The van der Waals surface area contributed by atoms with Gasteiger partial charge >= 0.3 is 11.9 Å². The second kappa shape index (κ2) is 8.67. The van der Waals surface area contributed by atoms with Crippen LogP contribution in [0.25, 0.3) is 0 Å². The van der Waals surface area contributed by atoms with Gasteiger partial charge in [0.2, 0.25) is 0 Å². The van der Waals surface area contributed by atoms with Crippen molar-refractivity contribution in [2.24, 2.45) is 50.7 Å². The minimum atomic E-state index is -1.46. The van der Waals surface area contributed by atoms with E-state index in [-0.39, 0.29) is 34.5 Å². The molecule has 38 heavy (non-hydrogen) atoms. The van der Waals surface area contributed by atoms with Crippen molar-refractivity contribution in [3.05, 3.63) is 11.1 Å². The number of aliphatic hydroxyl groups is 3. The number of hydrogen-bond acceptors (Lipinski definition) is 5. The smallest absolute Gasteiger partial charge is 0.312 e. The summed E-state index contributed by atoms with van der Waals surface area (Å²) in [5, 5.41) is 54.1. The summed E-state index contributed by atoms with van der Waals surface area (Å²) >= 11 is 6.69. The van der Waals surface area contributed by atoms with Crippen LogP contribution in [0.2, 0.25) is 0 Å². The molecule has 5 aliphatic carbocycles. The van der Waals surface area contributed by atoms with Crippen LogP contribution < -0.4 is 0 Å². The zero-order valence-electron chi connectivity index (χ0n) is 23.3. The van der Waals surface area contributed by atoms with Crippen molar-refractivity contribution in [3.63, 3.8) is 0 Å². The minimum Gasteiger partial charge on any atom is -0.481 e. The molecule has 214 valence electrons. The zero-order valence-corrected chi connectivity index (χ0v) is 24.1. The number of aliphatic carboxylic acids is 2. The predicted molar refractivity (Wildman–Crippen MR) is 142 cm³/mol. The summed E-state index contributed by atoms with van der Waals surface area (Å²) in [4.78, 5) is 25.5. The summed E-state index contributed by atoms with van der Waals surface area (Å²) in [6, 6.07) is 0. The van der Waals surface area contributed by atoms with Gasteiger partial charge in [0.25, 0.3) is 0 Å². The van der Waals surface area contributed by atoms with Gasteiger partial charge in [-0.25, -0.2) is 0 Å². The van der Waals surface area contributed by atoms with E-state index < -0.39 is 46.5 Å². The molecule has 11 atom stereocenters. The summed E-state index contributed by atoms with van der Waals surface area (Å²) < 4.78 is 0. The molecule has 0 saturated heterocycles. The lowest BCUT2D eigenvalue weighted by molar-refractivity contribution is -0.226. The van der Waals surface area contributed by atoms with E-state index in [9.17, 15) is 35.1 Å². The van der Waals surface area contributed by atoms with E-state index in [4.69, 9.17) is 11.6 Å². The molecule has 8 heteroatoms. The van der Waals surface area contributed by atoms with Crippen LogP contribution in [0.5, 0.6) is 0 Å². The lowest BCUT2D eigenvalue weighted by Crippen LogP contribution is -2.67. The van der Waals surface area contributed by atoms with Crippen molar-refractivity contribution in [3.8, 4) is 0 Å². The number of aliphatic hydroxyl groups excluding tert-OH is 3. The van der Waals surface area contributed by atoms with Crippen LogP contribution >= 0.6 is 11.6 Å². The number of fused-ring (bicyclic) bond motifs is 6. The van der Waals surface area contributed by atoms with Gasteiger partial charge in [-0.05, 0) is 98.2 Å². The number of hydrogen-bond donors (Lipinski definition) is 5. The quantitative estimate of drug-likeness (QED) is 0.258. The van der Waals surface area contributed by atoms with E-state index in [0.29, 0.717) is 50.8 Å². The van der Waals surface area contributed by atoms with Crippen LogP contribution in [0.4, 0.5) is 0 Å². The summed E-state index contributed by atoms with van der Waals surface area (Å²) in [6.45, 7) is 10.2. The highest BCUT2D eigenvalue weighted by atomic mass is 35.5. The highest BCUT2D eigenvalue weighted by molar-refractivity contribution is 6.18. The number of carboxylic acids is 2. The van der Waals surface area contributed by atoms with Gasteiger partial charge in [-0.2, -0.15) is 0 Å². The fourth-order valence-corrected chi connectivity index (χ4v) is 11.1. The first-order valence-electron chi connectivity index (χ1n) is 14.3. The van der Waals surface area contributed by atoms with Gasteiger partial charge in [-0.1, -0.05) is 38.8 Å². The van der Waals surface area contributed by atoms with Crippen LogP contribution in [-0.2, 0) is 9.59 Å². The van der Waals surface area contributed by atoms with Gasteiger partial charge in [-0.15, -0.1) is 11.6 Å². The molecule has 0 aliphatic heterocycles. The lowest BCUT2D eigenvalue weighted by atomic mass is 9.37. The summed E-state index contributed by atoms with van der Waals surface area (Å²) in [5.41, 5.74) is -1.29. The van der Waals surface area contributed by atoms with Crippen molar-refractivity contribution >= 4 is 23.5 Å². The first-order chi connectivity index (χ1) is 17.5. The molecule has 0 spiro atoms. The fraction of sp³-hybridized carbons (Fsp3) is 0.867. The second-order valence-corrected chi connectivity index (χ2v) is 15.2. The molecule has 7 nitrogen and oxygen atoms in total. The monoisotopic (exact) mass is 552 g/mol. The first kappa shape index (κ1) is 28.4. The maximum atomic E-state index is 12.9. The summed E-state index contributed by atoms with van der Waals surface area (Å²) in [5.74, 6) is -2.31. The molecule has 0 amide bonds. The molecule has 0 aromatic heterocycles. The van der Waals surface area contributed by atoms with E-state index in [1.54, 1.807) is 6.92 Å². The van der Waals surface area contributed by atoms with Crippen molar-refractivity contribution in [2.75, 3.05) is 5.88 Å². The number of halogens is 1. The maximum absolute atomic E-state index is 12.9. The Morgan fingerprint density at radius 3 is 2.16 bits per heavy atom. The molecule has 0 bridgehead atoms. The van der Waals surface area contributed by atoms with Crippen LogP contribution in [-0.4, -0.2) is 61.7 Å². The van der Waals surface area contributed by atoms with Gasteiger partial charge < -0.3 is 25.5 Å². The van der Waals surface area contributed by atoms with Gasteiger partial charge in [0.05, 0.1) is 23.7 Å². The third-order valence-electron chi connectivity index (χ3n) is 12.6. The Bertz CT molecular complexity index is 1070. The molecule has 5 rings (SSSR count). The predicted octanol–water partition coefficient (Wildman–Crippen LogP) is 4.46. The molecule has 5 N–H and O–H groups in total. The van der Waals surface area contributed by atoms with E-state index in [1.807, 2.05) is 0 Å². The Kier molecular flexibility index (Phi) is 6.48. The number of allylic oxidation sites excluding steroid dienone is 2. The Labute approximate surface area is 230 Å². The van der Waals surface area contributed by atoms with Gasteiger partial charge in [0, 0.05) is 5.88 Å². The minimum absolute atomic E-state index is 0.0379. The highest BCUT2D eigenvalue weighted by Gasteiger charge is 2.70. The summed E-state index contributed by atoms with van der Waals surface area (Å²) in [6.07, 6.45) is 1.09. The van der Waals surface area contributed by atoms with Crippen molar-refractivity contribution in [1.82, 2.24) is 0 Å². The molecule has 0 radical (unpaired) electrons.